The number of rotatable bonds is 0. The van der Waals surface area contributed by atoms with Crippen molar-refractivity contribution in [1.82, 2.24) is 0 Å². The number of esters is 1. The van der Waals surface area contributed by atoms with E-state index in [1.165, 1.54) is 0 Å². The Bertz CT molecular complexity index is 173. The number of alkyl halides is 1. The van der Waals surface area contributed by atoms with Gasteiger partial charge in [-0.2, -0.15) is 0 Å². The van der Waals surface area contributed by atoms with E-state index in [0.717, 1.165) is 0 Å². The van der Waals surface area contributed by atoms with E-state index >= 15 is 0 Å². The van der Waals surface area contributed by atoms with Crippen molar-refractivity contribution in [3.8, 4) is 0 Å². The van der Waals surface area contributed by atoms with Crippen LogP contribution in [0.5, 0.6) is 0 Å². The molecule has 1 saturated heterocycles. The molecule has 0 aromatic rings. The van der Waals surface area contributed by atoms with E-state index < -0.39 is 16.1 Å². The minimum Gasteiger partial charge on any atom is -0.458 e. The first-order valence-corrected chi connectivity index (χ1v) is 3.24. The zero-order valence-corrected chi connectivity index (χ0v) is 6.40. The molecular weight excluding hydrogens is 188 g/mol. The third-order valence-corrected chi connectivity index (χ3v) is 1.72. The van der Waals surface area contributed by atoms with Crippen LogP contribution in [0, 0.1) is 0 Å². The van der Waals surface area contributed by atoms with Gasteiger partial charge in [0, 0.05) is 0 Å². The molecule has 0 aromatic carbocycles. The number of carbonyl (C=O) groups is 2. The molecule has 1 rings (SSSR count). The molecule has 1 unspecified atom stereocenters. The molecule has 1 fully saturated rings. The number of carbonyl (C=O) groups excluding carboxylic acids is 2. The second-order valence-corrected chi connectivity index (χ2v) is 3.85. The van der Waals surface area contributed by atoms with Gasteiger partial charge in [0.1, 0.15) is 10.9 Å². The molecule has 1 aliphatic heterocycles. The van der Waals surface area contributed by atoms with Gasteiger partial charge in [0.25, 0.3) is 5.78 Å². The van der Waals surface area contributed by atoms with Gasteiger partial charge >= 0.3 is 5.97 Å². The molecule has 0 N–H and O–H groups in total. The summed E-state index contributed by atoms with van der Waals surface area (Å²) in [7, 11) is 0. The molecule has 0 spiro atoms. The summed E-state index contributed by atoms with van der Waals surface area (Å²) >= 11 is 3.05. The molecule has 4 heteroatoms. The van der Waals surface area contributed by atoms with Crippen LogP contribution in [0.25, 0.3) is 0 Å². The average molecular weight is 193 g/mol. The number of hydrogen-bond donors (Lipinski definition) is 0. The normalized spacial score (nSPS) is 34.9. The van der Waals surface area contributed by atoms with Gasteiger partial charge in [-0.1, -0.05) is 15.9 Å². The van der Waals surface area contributed by atoms with Crippen molar-refractivity contribution in [3.05, 3.63) is 0 Å². The number of hydrogen-bond acceptors (Lipinski definition) is 3. The molecule has 0 radical (unpaired) electrons. The summed E-state index contributed by atoms with van der Waals surface area (Å²) in [6.45, 7) is 1.75. The van der Waals surface area contributed by atoms with Gasteiger partial charge < -0.3 is 4.74 Å². The lowest BCUT2D eigenvalue weighted by Gasteiger charge is -2.04. The number of halogens is 1. The molecule has 1 aliphatic rings. The first-order valence-electron chi connectivity index (χ1n) is 2.44. The highest BCUT2D eigenvalue weighted by molar-refractivity contribution is 9.10. The highest BCUT2D eigenvalue weighted by Gasteiger charge is 2.43. The maximum atomic E-state index is 10.7. The summed E-state index contributed by atoms with van der Waals surface area (Å²) in [6.07, 6.45) is 0. The Morgan fingerprint density at radius 1 is 1.67 bits per heavy atom. The minimum atomic E-state index is -0.774. The maximum Gasteiger partial charge on any atom is 0.376 e. The molecule has 0 aliphatic carbocycles. The molecular formula is C5H5BrO3. The van der Waals surface area contributed by atoms with Gasteiger partial charge in [-0.3, -0.25) is 4.79 Å². The van der Waals surface area contributed by atoms with Crippen LogP contribution < -0.4 is 0 Å². The van der Waals surface area contributed by atoms with Crippen LogP contribution in [0.1, 0.15) is 6.92 Å². The number of ether oxygens (including phenoxy) is 1. The van der Waals surface area contributed by atoms with Crippen LogP contribution in [0.3, 0.4) is 0 Å². The van der Waals surface area contributed by atoms with Crippen LogP contribution in [0.15, 0.2) is 0 Å². The van der Waals surface area contributed by atoms with Gasteiger partial charge in [0.15, 0.2) is 0 Å². The van der Waals surface area contributed by atoms with E-state index in [1.54, 1.807) is 6.92 Å². The van der Waals surface area contributed by atoms with E-state index in [4.69, 9.17) is 0 Å². The summed E-state index contributed by atoms with van der Waals surface area (Å²) in [4.78, 5) is 21.1. The summed E-state index contributed by atoms with van der Waals surface area (Å²) in [5, 5.41) is 0. The summed E-state index contributed by atoms with van der Waals surface area (Å²) < 4.78 is 3.67. The smallest absolute Gasteiger partial charge is 0.376 e. The summed E-state index contributed by atoms with van der Waals surface area (Å²) in [5.41, 5.74) is 0. The van der Waals surface area contributed by atoms with E-state index in [1.807, 2.05) is 0 Å². The van der Waals surface area contributed by atoms with Crippen LogP contribution in [-0.4, -0.2) is 22.7 Å². The van der Waals surface area contributed by atoms with Crippen molar-refractivity contribution in [2.45, 2.75) is 11.2 Å². The largest absolute Gasteiger partial charge is 0.458 e. The molecule has 9 heavy (non-hydrogen) atoms. The molecule has 0 amide bonds. The van der Waals surface area contributed by atoms with Crippen LogP contribution in [0.4, 0.5) is 0 Å². The van der Waals surface area contributed by atoms with Crippen molar-refractivity contribution in [2.75, 3.05) is 6.61 Å². The topological polar surface area (TPSA) is 43.4 Å². The van der Waals surface area contributed by atoms with Gasteiger partial charge in [0.2, 0.25) is 0 Å². The van der Waals surface area contributed by atoms with Crippen molar-refractivity contribution in [2.24, 2.45) is 0 Å². The Hall–Kier alpha value is -0.380. The van der Waals surface area contributed by atoms with Crippen molar-refractivity contribution < 1.29 is 14.3 Å². The lowest BCUT2D eigenvalue weighted by Crippen LogP contribution is -2.27. The minimum absolute atomic E-state index is 0.144. The third-order valence-electron chi connectivity index (χ3n) is 1.13. The molecule has 0 aromatic heterocycles. The number of cyclic esters (lactones) is 1. The molecule has 1 heterocycles. The van der Waals surface area contributed by atoms with Crippen molar-refractivity contribution >= 4 is 27.7 Å². The Balaban J connectivity index is 2.86. The zero-order chi connectivity index (χ0) is 7.07. The number of Topliss-reactive ketones (excluding diaryl/α,β-unsaturated/α-hetero) is 1. The third kappa shape index (κ3) is 0.986. The van der Waals surface area contributed by atoms with E-state index in [-0.39, 0.29) is 6.61 Å². The van der Waals surface area contributed by atoms with Crippen LogP contribution in [0.2, 0.25) is 0 Å². The fourth-order valence-electron chi connectivity index (χ4n) is 0.545. The fourth-order valence-corrected chi connectivity index (χ4v) is 0.821. The molecule has 0 bridgehead atoms. The van der Waals surface area contributed by atoms with Gasteiger partial charge in [-0.25, -0.2) is 4.79 Å². The molecule has 0 saturated carbocycles. The van der Waals surface area contributed by atoms with E-state index in [9.17, 15) is 9.59 Å². The Morgan fingerprint density at radius 3 is 2.33 bits per heavy atom. The molecule has 1 atom stereocenters. The van der Waals surface area contributed by atoms with Gasteiger partial charge in [0.05, 0.1) is 0 Å². The molecule has 50 valence electrons. The second-order valence-electron chi connectivity index (χ2n) is 2.10. The standard InChI is InChI=1S/C5H5BrO3/c1-5(6)2-9-4(8)3(5)7/h2H2,1H3. The predicted molar refractivity (Wildman–Crippen MR) is 33.3 cm³/mol. The summed E-state index contributed by atoms with van der Waals surface area (Å²) in [6, 6.07) is 0. The monoisotopic (exact) mass is 192 g/mol. The Morgan fingerprint density at radius 2 is 2.22 bits per heavy atom. The highest BCUT2D eigenvalue weighted by Crippen LogP contribution is 2.24. The lowest BCUT2D eigenvalue weighted by atomic mass is 10.1. The summed E-state index contributed by atoms with van der Waals surface area (Å²) in [5.74, 6) is -1.24. The lowest BCUT2D eigenvalue weighted by molar-refractivity contribution is -0.147. The maximum absolute atomic E-state index is 10.7. The quantitative estimate of drug-likeness (QED) is 0.315. The SMILES string of the molecule is CC1(Br)COC(=O)C1=O. The Labute approximate surface area is 60.5 Å². The highest BCUT2D eigenvalue weighted by atomic mass is 79.9. The zero-order valence-electron chi connectivity index (χ0n) is 4.81. The first-order chi connectivity index (χ1) is 4.04. The predicted octanol–water partition coefficient (Wildman–Crippen LogP) is 0.266. The second kappa shape index (κ2) is 1.80. The van der Waals surface area contributed by atoms with Crippen LogP contribution >= 0.6 is 15.9 Å². The van der Waals surface area contributed by atoms with Crippen molar-refractivity contribution in [3.63, 3.8) is 0 Å². The van der Waals surface area contributed by atoms with E-state index in [2.05, 4.69) is 20.7 Å². The fraction of sp³-hybridized carbons (Fsp3) is 0.600. The first kappa shape index (κ1) is 6.74. The van der Waals surface area contributed by atoms with Crippen LogP contribution in [-0.2, 0) is 14.3 Å². The average Bonchev–Trinajstić information content (AvgIpc) is 1.97. The van der Waals surface area contributed by atoms with Crippen molar-refractivity contribution in [1.29, 1.82) is 0 Å². The molecule has 3 nitrogen and oxygen atoms in total. The van der Waals surface area contributed by atoms with Gasteiger partial charge in [-0.05, 0) is 6.92 Å². The number of ketones is 1. The van der Waals surface area contributed by atoms with E-state index in [0.29, 0.717) is 0 Å². The van der Waals surface area contributed by atoms with Gasteiger partial charge in [-0.15, -0.1) is 0 Å². The Kier molecular flexibility index (Phi) is 1.35.